The Labute approximate surface area is 100 Å². The lowest BCUT2D eigenvalue weighted by atomic mass is 10.2. The van der Waals surface area contributed by atoms with Crippen molar-refractivity contribution in [1.82, 2.24) is 10.2 Å². The van der Waals surface area contributed by atoms with Crippen LogP contribution >= 0.6 is 22.9 Å². The van der Waals surface area contributed by atoms with Gasteiger partial charge in [0.05, 0.1) is 0 Å². The quantitative estimate of drug-likeness (QED) is 0.804. The van der Waals surface area contributed by atoms with Crippen molar-refractivity contribution in [2.75, 3.05) is 11.1 Å². The minimum atomic E-state index is -0.314. The zero-order chi connectivity index (χ0) is 11.5. The second-order valence-corrected chi connectivity index (χ2v) is 4.24. The highest BCUT2D eigenvalue weighted by molar-refractivity contribution is 7.13. The van der Waals surface area contributed by atoms with Crippen LogP contribution in [-0.2, 0) is 0 Å². The number of amides is 1. The molecule has 5 nitrogen and oxygen atoms in total. The van der Waals surface area contributed by atoms with Gasteiger partial charge in [0, 0.05) is 16.3 Å². The van der Waals surface area contributed by atoms with Crippen LogP contribution < -0.4 is 11.1 Å². The molecule has 3 N–H and O–H groups in total. The summed E-state index contributed by atoms with van der Waals surface area (Å²) in [7, 11) is 0. The minimum Gasteiger partial charge on any atom is -0.399 e. The van der Waals surface area contributed by atoms with E-state index in [1.165, 1.54) is 22.9 Å². The average molecular weight is 255 g/mol. The Morgan fingerprint density at radius 2 is 2.25 bits per heavy atom. The lowest BCUT2D eigenvalue weighted by Gasteiger charge is -2.03. The predicted molar refractivity (Wildman–Crippen MR) is 63.7 cm³/mol. The first-order valence-electron chi connectivity index (χ1n) is 4.29. The van der Waals surface area contributed by atoms with E-state index in [-0.39, 0.29) is 5.91 Å². The molecular weight excluding hydrogens is 248 g/mol. The molecule has 2 rings (SSSR count). The lowest BCUT2D eigenvalue weighted by Crippen LogP contribution is -2.12. The van der Waals surface area contributed by atoms with E-state index < -0.39 is 0 Å². The average Bonchev–Trinajstić information content (AvgIpc) is 2.68. The number of carbonyl (C=O) groups excluding carboxylic acids is 1. The highest BCUT2D eigenvalue weighted by atomic mass is 35.5. The van der Waals surface area contributed by atoms with Crippen molar-refractivity contribution in [3.05, 3.63) is 34.3 Å². The maximum atomic E-state index is 11.7. The molecule has 0 aliphatic carbocycles. The Bertz CT molecular complexity index is 494. The molecule has 0 fully saturated rings. The van der Waals surface area contributed by atoms with E-state index in [9.17, 15) is 4.79 Å². The topological polar surface area (TPSA) is 80.9 Å². The number of anilines is 2. The maximum Gasteiger partial charge on any atom is 0.257 e. The summed E-state index contributed by atoms with van der Waals surface area (Å²) in [5.74, 6) is -0.314. The SMILES string of the molecule is Nc1cc(Cl)cc(C(=O)Nc2nncs2)c1. The molecule has 1 aromatic heterocycles. The Balaban J connectivity index is 2.21. The zero-order valence-corrected chi connectivity index (χ0v) is 9.55. The van der Waals surface area contributed by atoms with Crippen LogP contribution in [-0.4, -0.2) is 16.1 Å². The largest absolute Gasteiger partial charge is 0.399 e. The van der Waals surface area contributed by atoms with Gasteiger partial charge in [-0.15, -0.1) is 10.2 Å². The van der Waals surface area contributed by atoms with Gasteiger partial charge in [0.15, 0.2) is 0 Å². The van der Waals surface area contributed by atoms with Crippen LogP contribution in [0, 0.1) is 0 Å². The van der Waals surface area contributed by atoms with Crippen molar-refractivity contribution in [2.24, 2.45) is 0 Å². The fourth-order valence-corrected chi connectivity index (χ4v) is 1.82. The van der Waals surface area contributed by atoms with Crippen molar-refractivity contribution in [1.29, 1.82) is 0 Å². The van der Waals surface area contributed by atoms with Crippen molar-refractivity contribution in [2.45, 2.75) is 0 Å². The summed E-state index contributed by atoms with van der Waals surface area (Å²) in [5, 5.41) is 10.7. The second-order valence-electron chi connectivity index (χ2n) is 2.97. The van der Waals surface area contributed by atoms with Gasteiger partial charge < -0.3 is 5.73 Å². The standard InChI is InChI=1S/C9H7ClN4OS/c10-6-1-5(2-7(11)3-6)8(15)13-9-14-12-4-16-9/h1-4H,11H2,(H,13,14,15). The molecule has 2 aromatic rings. The van der Waals surface area contributed by atoms with Gasteiger partial charge in [-0.1, -0.05) is 22.9 Å². The molecule has 0 radical (unpaired) electrons. The molecule has 16 heavy (non-hydrogen) atoms. The van der Waals surface area contributed by atoms with Crippen LogP contribution in [0.15, 0.2) is 23.7 Å². The summed E-state index contributed by atoms with van der Waals surface area (Å²) in [4.78, 5) is 11.7. The van der Waals surface area contributed by atoms with E-state index in [0.29, 0.717) is 21.4 Å². The molecule has 0 saturated carbocycles. The van der Waals surface area contributed by atoms with E-state index in [4.69, 9.17) is 17.3 Å². The van der Waals surface area contributed by atoms with Gasteiger partial charge in [-0.25, -0.2) is 0 Å². The van der Waals surface area contributed by atoms with Crippen LogP contribution in [0.4, 0.5) is 10.8 Å². The summed E-state index contributed by atoms with van der Waals surface area (Å²) < 4.78 is 0. The van der Waals surface area contributed by atoms with Gasteiger partial charge in [0.25, 0.3) is 5.91 Å². The summed E-state index contributed by atoms with van der Waals surface area (Å²) in [6, 6.07) is 4.65. The smallest absolute Gasteiger partial charge is 0.257 e. The first-order chi connectivity index (χ1) is 7.65. The van der Waals surface area contributed by atoms with E-state index in [0.717, 1.165) is 0 Å². The van der Waals surface area contributed by atoms with Crippen LogP contribution in [0.3, 0.4) is 0 Å². The summed E-state index contributed by atoms with van der Waals surface area (Å²) in [6.07, 6.45) is 0. The fourth-order valence-electron chi connectivity index (χ4n) is 1.14. The molecule has 82 valence electrons. The molecule has 1 aromatic carbocycles. The molecule has 0 atom stereocenters. The van der Waals surface area contributed by atoms with Gasteiger partial charge in [0.2, 0.25) is 5.13 Å². The Hall–Kier alpha value is -1.66. The Morgan fingerprint density at radius 3 is 2.88 bits per heavy atom. The van der Waals surface area contributed by atoms with E-state index in [1.807, 2.05) is 0 Å². The first-order valence-corrected chi connectivity index (χ1v) is 5.54. The van der Waals surface area contributed by atoms with Crippen molar-refractivity contribution in [3.8, 4) is 0 Å². The maximum absolute atomic E-state index is 11.7. The second kappa shape index (κ2) is 4.46. The monoisotopic (exact) mass is 254 g/mol. The zero-order valence-electron chi connectivity index (χ0n) is 7.98. The number of nitrogens with one attached hydrogen (secondary N) is 1. The highest BCUT2D eigenvalue weighted by Gasteiger charge is 2.09. The number of aromatic nitrogens is 2. The van der Waals surface area contributed by atoms with E-state index in [2.05, 4.69) is 15.5 Å². The van der Waals surface area contributed by atoms with Crippen molar-refractivity contribution >= 4 is 39.7 Å². The number of hydrogen-bond acceptors (Lipinski definition) is 5. The van der Waals surface area contributed by atoms with Gasteiger partial charge in [-0.05, 0) is 18.2 Å². The molecule has 0 bridgehead atoms. The summed E-state index contributed by atoms with van der Waals surface area (Å²) in [5.41, 5.74) is 7.94. The Kier molecular flexibility index (Phi) is 3.02. The molecule has 7 heteroatoms. The Morgan fingerprint density at radius 1 is 1.44 bits per heavy atom. The number of halogens is 1. The molecule has 0 spiro atoms. The molecule has 0 aliphatic heterocycles. The number of nitrogens with zero attached hydrogens (tertiary/aromatic N) is 2. The molecular formula is C9H7ClN4OS. The van der Waals surface area contributed by atoms with Gasteiger partial charge >= 0.3 is 0 Å². The normalized spacial score (nSPS) is 10.1. The van der Waals surface area contributed by atoms with Crippen LogP contribution in [0.5, 0.6) is 0 Å². The minimum absolute atomic E-state index is 0.314. The van der Waals surface area contributed by atoms with Crippen LogP contribution in [0.25, 0.3) is 0 Å². The van der Waals surface area contributed by atoms with E-state index in [1.54, 1.807) is 12.1 Å². The third-order valence-corrected chi connectivity index (χ3v) is 2.59. The van der Waals surface area contributed by atoms with Crippen LogP contribution in [0.2, 0.25) is 5.02 Å². The third kappa shape index (κ3) is 2.47. The van der Waals surface area contributed by atoms with Crippen LogP contribution in [0.1, 0.15) is 10.4 Å². The van der Waals surface area contributed by atoms with Gasteiger partial charge in [0.1, 0.15) is 5.51 Å². The molecule has 0 aliphatic rings. The number of rotatable bonds is 2. The summed E-state index contributed by atoms with van der Waals surface area (Å²) >= 11 is 7.03. The number of benzene rings is 1. The van der Waals surface area contributed by atoms with Gasteiger partial charge in [-0.2, -0.15) is 0 Å². The molecule has 1 amide bonds. The predicted octanol–water partition coefficient (Wildman–Crippen LogP) is 2.03. The van der Waals surface area contributed by atoms with Gasteiger partial charge in [-0.3, -0.25) is 10.1 Å². The fraction of sp³-hybridized carbons (Fsp3) is 0. The number of carbonyl (C=O) groups is 1. The molecule has 1 heterocycles. The number of nitrogen functional groups attached to an aromatic ring is 1. The number of hydrogen-bond donors (Lipinski definition) is 2. The lowest BCUT2D eigenvalue weighted by molar-refractivity contribution is 0.102. The first kappa shape index (κ1) is 10.8. The molecule has 0 saturated heterocycles. The third-order valence-electron chi connectivity index (χ3n) is 1.76. The van der Waals surface area contributed by atoms with Crippen molar-refractivity contribution in [3.63, 3.8) is 0 Å². The highest BCUT2D eigenvalue weighted by Crippen LogP contribution is 2.18. The van der Waals surface area contributed by atoms with E-state index >= 15 is 0 Å². The molecule has 0 unspecified atom stereocenters. The number of nitrogens with two attached hydrogens (primary N) is 1. The summed E-state index contributed by atoms with van der Waals surface area (Å²) in [6.45, 7) is 0. The van der Waals surface area contributed by atoms with Crippen molar-refractivity contribution < 1.29 is 4.79 Å².